The van der Waals surface area contributed by atoms with Gasteiger partial charge in [-0.05, 0) is 31.7 Å². The van der Waals surface area contributed by atoms with Crippen LogP contribution in [0, 0.1) is 18.8 Å². The molecule has 0 aromatic carbocycles. The molecule has 1 aromatic rings. The molecule has 1 fully saturated rings. The molecule has 128 valence electrons. The molecule has 2 rings (SSSR count). The maximum Gasteiger partial charge on any atom is 0.317 e. The van der Waals surface area contributed by atoms with Crippen molar-refractivity contribution in [1.29, 1.82) is 0 Å². The van der Waals surface area contributed by atoms with E-state index < -0.39 is 0 Å². The Balaban J connectivity index is 1.81. The quantitative estimate of drug-likeness (QED) is 0.874. The first-order valence-electron chi connectivity index (χ1n) is 8.30. The Morgan fingerprint density at radius 1 is 1.39 bits per heavy atom. The van der Waals surface area contributed by atoms with Gasteiger partial charge >= 0.3 is 6.03 Å². The molecule has 1 aliphatic heterocycles. The third kappa shape index (κ3) is 5.01. The molecule has 6 heteroatoms. The van der Waals surface area contributed by atoms with Crippen molar-refractivity contribution < 1.29 is 14.0 Å². The fourth-order valence-corrected chi connectivity index (χ4v) is 2.70. The van der Waals surface area contributed by atoms with Crippen LogP contribution in [-0.4, -0.2) is 36.5 Å². The Labute approximate surface area is 137 Å². The molecule has 6 nitrogen and oxygen atoms in total. The molecule has 0 bridgehead atoms. The fraction of sp³-hybridized carbons (Fsp3) is 0.647. The summed E-state index contributed by atoms with van der Waals surface area (Å²) in [5, 5.41) is 5.86. The van der Waals surface area contributed by atoms with Crippen LogP contribution in [0.3, 0.4) is 0 Å². The van der Waals surface area contributed by atoms with Gasteiger partial charge < -0.3 is 20.0 Å². The molecular weight excluding hydrogens is 294 g/mol. The van der Waals surface area contributed by atoms with Gasteiger partial charge in [0.15, 0.2) is 0 Å². The number of hydrogen-bond donors (Lipinski definition) is 2. The normalized spacial score (nSPS) is 18.1. The summed E-state index contributed by atoms with van der Waals surface area (Å²) in [5.41, 5.74) is 0.987. The summed E-state index contributed by atoms with van der Waals surface area (Å²) in [6, 6.07) is 1.80. The van der Waals surface area contributed by atoms with Crippen molar-refractivity contribution in [2.75, 3.05) is 19.6 Å². The van der Waals surface area contributed by atoms with E-state index in [1.807, 2.05) is 13.0 Å². The Hall–Kier alpha value is -1.98. The molecule has 1 aromatic heterocycles. The highest BCUT2D eigenvalue weighted by atomic mass is 16.3. The molecule has 0 aliphatic carbocycles. The van der Waals surface area contributed by atoms with Crippen molar-refractivity contribution in [3.63, 3.8) is 0 Å². The van der Waals surface area contributed by atoms with Crippen molar-refractivity contribution in [2.24, 2.45) is 11.8 Å². The molecule has 0 saturated carbocycles. The molecule has 0 radical (unpaired) electrons. The average Bonchev–Trinajstić information content (AvgIpc) is 2.95. The minimum absolute atomic E-state index is 0.00644. The predicted octanol–water partition coefficient (Wildman–Crippen LogP) is 2.28. The van der Waals surface area contributed by atoms with Crippen molar-refractivity contribution in [3.8, 4) is 0 Å². The number of hydrogen-bond acceptors (Lipinski definition) is 3. The third-order valence-electron chi connectivity index (χ3n) is 4.16. The molecule has 1 atom stereocenters. The van der Waals surface area contributed by atoms with Gasteiger partial charge in [-0.15, -0.1) is 0 Å². The van der Waals surface area contributed by atoms with Crippen molar-refractivity contribution in [3.05, 3.63) is 23.7 Å². The smallest absolute Gasteiger partial charge is 0.317 e. The standard InChI is InChI=1S/C17H27N3O3/c1-12(2)9-19-17(22)20-7-4-5-15(11-20)16(21)18-10-14-6-8-23-13(14)3/h6,8,12,15H,4-5,7,9-11H2,1-3H3,(H,18,21)(H,19,22)/t15-/m1/s1. The zero-order valence-corrected chi connectivity index (χ0v) is 14.2. The maximum atomic E-state index is 12.3. The summed E-state index contributed by atoms with van der Waals surface area (Å²) < 4.78 is 5.22. The molecule has 0 spiro atoms. The predicted molar refractivity (Wildman–Crippen MR) is 87.8 cm³/mol. The van der Waals surface area contributed by atoms with Crippen LogP contribution in [-0.2, 0) is 11.3 Å². The van der Waals surface area contributed by atoms with E-state index in [4.69, 9.17) is 4.42 Å². The summed E-state index contributed by atoms with van der Waals surface area (Å²) in [7, 11) is 0. The Morgan fingerprint density at radius 3 is 2.83 bits per heavy atom. The SMILES string of the molecule is Cc1occc1CNC(=O)[C@@H]1CCCN(C(=O)NCC(C)C)C1. The number of likely N-dealkylation sites (tertiary alicyclic amines) is 1. The Morgan fingerprint density at radius 2 is 2.17 bits per heavy atom. The third-order valence-corrected chi connectivity index (χ3v) is 4.16. The van der Waals surface area contributed by atoms with Gasteiger partial charge in [0.05, 0.1) is 12.2 Å². The van der Waals surface area contributed by atoms with Crippen LogP contribution in [0.5, 0.6) is 0 Å². The average molecular weight is 321 g/mol. The summed E-state index contributed by atoms with van der Waals surface area (Å²) >= 11 is 0. The van der Waals surface area contributed by atoms with Crippen molar-refractivity contribution >= 4 is 11.9 Å². The van der Waals surface area contributed by atoms with Gasteiger partial charge in [0, 0.05) is 31.7 Å². The summed E-state index contributed by atoms with van der Waals surface area (Å²) in [6.07, 6.45) is 3.31. The molecule has 2 N–H and O–H groups in total. The second-order valence-corrected chi connectivity index (χ2v) is 6.58. The largest absolute Gasteiger partial charge is 0.469 e. The number of urea groups is 1. The number of carbonyl (C=O) groups is 2. The minimum Gasteiger partial charge on any atom is -0.469 e. The van der Waals surface area contributed by atoms with Crippen LogP contribution in [0.1, 0.15) is 38.0 Å². The molecule has 2 heterocycles. The number of piperidine rings is 1. The van der Waals surface area contributed by atoms with Gasteiger partial charge in [-0.2, -0.15) is 0 Å². The lowest BCUT2D eigenvalue weighted by Gasteiger charge is -2.32. The zero-order valence-electron chi connectivity index (χ0n) is 14.2. The lowest BCUT2D eigenvalue weighted by Crippen LogP contribution is -2.49. The van der Waals surface area contributed by atoms with E-state index >= 15 is 0 Å². The lowest BCUT2D eigenvalue weighted by atomic mass is 9.97. The topological polar surface area (TPSA) is 74.6 Å². The summed E-state index contributed by atoms with van der Waals surface area (Å²) in [6.45, 7) is 8.33. The van der Waals surface area contributed by atoms with E-state index in [0.717, 1.165) is 24.2 Å². The summed E-state index contributed by atoms with van der Waals surface area (Å²) in [4.78, 5) is 26.2. The van der Waals surface area contributed by atoms with Gasteiger partial charge in [-0.1, -0.05) is 13.8 Å². The second-order valence-electron chi connectivity index (χ2n) is 6.58. The zero-order chi connectivity index (χ0) is 16.8. The molecule has 3 amide bonds. The van der Waals surface area contributed by atoms with Crippen LogP contribution in [0.2, 0.25) is 0 Å². The van der Waals surface area contributed by atoms with E-state index in [0.29, 0.717) is 32.1 Å². The van der Waals surface area contributed by atoms with Crippen LogP contribution in [0.25, 0.3) is 0 Å². The number of carbonyl (C=O) groups excluding carboxylic acids is 2. The van der Waals surface area contributed by atoms with Crippen molar-refractivity contribution in [2.45, 2.75) is 40.2 Å². The van der Waals surface area contributed by atoms with E-state index in [1.54, 1.807) is 11.2 Å². The molecular formula is C17H27N3O3. The van der Waals surface area contributed by atoms with E-state index in [2.05, 4.69) is 24.5 Å². The number of aryl methyl sites for hydroxylation is 1. The monoisotopic (exact) mass is 321 g/mol. The van der Waals surface area contributed by atoms with Gasteiger partial charge in [-0.3, -0.25) is 4.79 Å². The van der Waals surface area contributed by atoms with E-state index in [-0.39, 0.29) is 17.9 Å². The van der Waals surface area contributed by atoms with Crippen LogP contribution in [0.4, 0.5) is 4.79 Å². The Bertz CT molecular complexity index is 539. The van der Waals surface area contributed by atoms with Gasteiger partial charge in [0.1, 0.15) is 5.76 Å². The molecule has 23 heavy (non-hydrogen) atoms. The molecule has 1 aliphatic rings. The highest BCUT2D eigenvalue weighted by Gasteiger charge is 2.28. The maximum absolute atomic E-state index is 12.3. The van der Waals surface area contributed by atoms with Gasteiger partial charge in [-0.25, -0.2) is 4.79 Å². The van der Waals surface area contributed by atoms with Crippen LogP contribution >= 0.6 is 0 Å². The first-order chi connectivity index (χ1) is 11.0. The summed E-state index contributed by atoms with van der Waals surface area (Å²) in [5.74, 6) is 1.11. The first-order valence-corrected chi connectivity index (χ1v) is 8.30. The number of rotatable bonds is 5. The second kappa shape index (κ2) is 8.04. The van der Waals surface area contributed by atoms with E-state index in [9.17, 15) is 9.59 Å². The van der Waals surface area contributed by atoms with Gasteiger partial charge in [0.2, 0.25) is 5.91 Å². The molecule has 0 unspecified atom stereocenters. The number of nitrogens with one attached hydrogen (secondary N) is 2. The van der Waals surface area contributed by atoms with E-state index in [1.165, 1.54) is 0 Å². The highest BCUT2D eigenvalue weighted by Crippen LogP contribution is 2.17. The number of amides is 3. The first kappa shape index (κ1) is 17.4. The Kier molecular flexibility index (Phi) is 6.07. The fourth-order valence-electron chi connectivity index (χ4n) is 2.70. The van der Waals surface area contributed by atoms with Crippen LogP contribution in [0.15, 0.2) is 16.7 Å². The minimum atomic E-state index is -0.138. The lowest BCUT2D eigenvalue weighted by molar-refractivity contribution is -0.126. The number of nitrogens with zero attached hydrogens (tertiary/aromatic N) is 1. The molecule has 1 saturated heterocycles. The van der Waals surface area contributed by atoms with Gasteiger partial charge in [0.25, 0.3) is 0 Å². The highest BCUT2D eigenvalue weighted by molar-refractivity contribution is 5.80. The van der Waals surface area contributed by atoms with Crippen molar-refractivity contribution in [1.82, 2.24) is 15.5 Å². The van der Waals surface area contributed by atoms with Crippen LogP contribution < -0.4 is 10.6 Å². The number of furan rings is 1.